The van der Waals surface area contributed by atoms with Crippen LogP contribution in [0.25, 0.3) is 0 Å². The molecule has 0 atom stereocenters. The van der Waals surface area contributed by atoms with Gasteiger partial charge in [-0.1, -0.05) is 32.4 Å². The minimum Gasteiger partial charge on any atom is -0.744 e. The molecular weight excluding hydrogens is 267 g/mol. The van der Waals surface area contributed by atoms with Gasteiger partial charge in [-0.15, -0.1) is 0 Å². The molecule has 0 aromatic heterocycles. The molecule has 0 aliphatic rings. The molecule has 0 saturated carbocycles. The number of carbonyl (C=O) groups excluding carboxylic acids is 1. The maximum atomic E-state index is 11.1. The van der Waals surface area contributed by atoms with Gasteiger partial charge in [0.25, 0.3) is 0 Å². The molecule has 0 rings (SSSR count). The predicted molar refractivity (Wildman–Crippen MR) is 61.8 cm³/mol. The monoisotopic (exact) mass is 284 g/mol. The molecule has 0 unspecified atom stereocenters. The number of esters is 1. The Morgan fingerprint density at radius 2 is 1.89 bits per heavy atom. The molecule has 7 heteroatoms. The SMILES string of the molecule is CCCCC(=O)OC=C=C(CCC)S(=O)(=O)[O-].[Na+]. The standard InChI is InChI=1S/C11H18O5S.Na/c1-3-5-7-11(12)16-9-8-10(6-4-2)17(13,14)15;/h9H,3-7H2,1-2H3,(H,13,14,15);/q;+1/p-1. The first-order valence-corrected chi connectivity index (χ1v) is 6.92. The van der Waals surface area contributed by atoms with Gasteiger partial charge in [0, 0.05) is 6.42 Å². The molecule has 0 aromatic rings. The van der Waals surface area contributed by atoms with Gasteiger partial charge in [-0.2, -0.15) is 0 Å². The Kier molecular flexibility index (Phi) is 12.1. The smallest absolute Gasteiger partial charge is 0.744 e. The van der Waals surface area contributed by atoms with E-state index >= 15 is 0 Å². The van der Waals surface area contributed by atoms with Gasteiger partial charge in [-0.3, -0.25) is 4.79 Å². The summed E-state index contributed by atoms with van der Waals surface area (Å²) in [6, 6.07) is 0. The maximum absolute atomic E-state index is 11.1. The van der Waals surface area contributed by atoms with E-state index in [0.29, 0.717) is 12.8 Å². The number of hydrogen-bond donors (Lipinski definition) is 0. The topological polar surface area (TPSA) is 83.5 Å². The normalized spacial score (nSPS) is 9.94. The molecule has 0 spiro atoms. The van der Waals surface area contributed by atoms with Crippen LogP contribution in [0, 0.1) is 0 Å². The van der Waals surface area contributed by atoms with Gasteiger partial charge in [-0.25, -0.2) is 8.42 Å². The summed E-state index contributed by atoms with van der Waals surface area (Å²) in [5, 5.41) is 0. The van der Waals surface area contributed by atoms with E-state index in [2.05, 4.69) is 10.5 Å². The number of carbonyl (C=O) groups is 1. The molecule has 0 radical (unpaired) electrons. The van der Waals surface area contributed by atoms with Crippen molar-refractivity contribution in [1.29, 1.82) is 0 Å². The fourth-order valence-corrected chi connectivity index (χ4v) is 1.68. The summed E-state index contributed by atoms with van der Waals surface area (Å²) in [6.45, 7) is 3.67. The first-order chi connectivity index (χ1) is 7.91. The number of allylic oxidation sites excluding steroid dienone is 1. The van der Waals surface area contributed by atoms with Crippen molar-refractivity contribution >= 4 is 16.1 Å². The molecule has 0 amide bonds. The number of rotatable bonds is 7. The largest absolute Gasteiger partial charge is 1.00 e. The second kappa shape index (κ2) is 10.8. The summed E-state index contributed by atoms with van der Waals surface area (Å²) in [5.74, 6) is -0.460. The van der Waals surface area contributed by atoms with Crippen LogP contribution in [0.2, 0.25) is 0 Å². The minimum atomic E-state index is -4.51. The Labute approximate surface area is 130 Å². The molecule has 0 aromatic carbocycles. The molecule has 0 N–H and O–H groups in total. The average Bonchev–Trinajstić information content (AvgIpc) is 2.23. The molecule has 0 heterocycles. The van der Waals surface area contributed by atoms with E-state index in [9.17, 15) is 17.8 Å². The van der Waals surface area contributed by atoms with Gasteiger partial charge < -0.3 is 9.29 Å². The first-order valence-electron chi connectivity index (χ1n) is 5.51. The van der Waals surface area contributed by atoms with Crippen molar-refractivity contribution in [2.24, 2.45) is 0 Å². The van der Waals surface area contributed by atoms with Crippen LogP contribution in [0.1, 0.15) is 46.0 Å². The summed E-state index contributed by atoms with van der Waals surface area (Å²) in [7, 11) is -4.51. The summed E-state index contributed by atoms with van der Waals surface area (Å²) in [5.41, 5.74) is 2.22. The third-order valence-electron chi connectivity index (χ3n) is 1.92. The van der Waals surface area contributed by atoms with E-state index in [1.807, 2.05) is 6.92 Å². The Morgan fingerprint density at radius 3 is 2.33 bits per heavy atom. The van der Waals surface area contributed by atoms with E-state index in [-0.39, 0.29) is 47.3 Å². The molecular formula is C11H17NaO5S. The van der Waals surface area contributed by atoms with Gasteiger partial charge in [0.1, 0.15) is 16.4 Å². The number of hydrogen-bond acceptors (Lipinski definition) is 5. The summed E-state index contributed by atoms with van der Waals surface area (Å²) in [4.78, 5) is 10.7. The van der Waals surface area contributed by atoms with Crippen LogP contribution >= 0.6 is 0 Å². The quantitative estimate of drug-likeness (QED) is 0.198. The third-order valence-corrected chi connectivity index (χ3v) is 2.85. The second-order valence-electron chi connectivity index (χ2n) is 3.48. The van der Waals surface area contributed by atoms with E-state index in [1.54, 1.807) is 6.92 Å². The van der Waals surface area contributed by atoms with Crippen LogP contribution in [0.15, 0.2) is 16.9 Å². The molecule has 0 bridgehead atoms. The molecule has 98 valence electrons. The first kappa shape index (κ1) is 20.2. The van der Waals surface area contributed by atoms with Crippen LogP contribution in [0.4, 0.5) is 0 Å². The van der Waals surface area contributed by atoms with Crippen LogP contribution in [0.5, 0.6) is 0 Å². The number of unbranched alkanes of at least 4 members (excludes halogenated alkanes) is 1. The predicted octanol–water partition coefficient (Wildman–Crippen LogP) is -0.934. The molecule has 0 aliphatic heterocycles. The Bertz CT molecular complexity index is 407. The van der Waals surface area contributed by atoms with Crippen LogP contribution < -0.4 is 29.6 Å². The van der Waals surface area contributed by atoms with Crippen molar-refractivity contribution in [3.63, 3.8) is 0 Å². The molecule has 0 aliphatic carbocycles. The fourth-order valence-electron chi connectivity index (χ4n) is 1.04. The fraction of sp³-hybridized carbons (Fsp3) is 0.636. The zero-order valence-electron chi connectivity index (χ0n) is 11.1. The second-order valence-corrected chi connectivity index (χ2v) is 4.88. The molecule has 0 fully saturated rings. The van der Waals surface area contributed by atoms with Crippen molar-refractivity contribution in [3.05, 3.63) is 16.9 Å². The minimum absolute atomic E-state index is 0. The Hall–Kier alpha value is -0.100. The van der Waals surface area contributed by atoms with Crippen molar-refractivity contribution in [2.75, 3.05) is 0 Å². The zero-order valence-corrected chi connectivity index (χ0v) is 13.9. The zero-order chi connectivity index (χ0) is 13.3. The van der Waals surface area contributed by atoms with Gasteiger partial charge >= 0.3 is 35.5 Å². The van der Waals surface area contributed by atoms with Crippen molar-refractivity contribution in [1.82, 2.24) is 0 Å². The van der Waals surface area contributed by atoms with Crippen LogP contribution in [0.3, 0.4) is 0 Å². The van der Waals surface area contributed by atoms with E-state index in [1.165, 1.54) is 0 Å². The van der Waals surface area contributed by atoms with Gasteiger partial charge in [-0.05, 0) is 12.8 Å². The van der Waals surface area contributed by atoms with Gasteiger partial charge in [0.05, 0.1) is 4.91 Å². The Morgan fingerprint density at radius 1 is 1.28 bits per heavy atom. The maximum Gasteiger partial charge on any atom is 1.00 e. The van der Waals surface area contributed by atoms with Gasteiger partial charge in [0.15, 0.2) is 0 Å². The van der Waals surface area contributed by atoms with Gasteiger partial charge in [0.2, 0.25) is 0 Å². The molecule has 0 saturated heterocycles. The van der Waals surface area contributed by atoms with Crippen LogP contribution in [-0.4, -0.2) is 18.9 Å². The Balaban J connectivity index is 0. The van der Waals surface area contributed by atoms with Crippen LogP contribution in [-0.2, 0) is 19.6 Å². The summed E-state index contributed by atoms with van der Waals surface area (Å²) >= 11 is 0. The van der Waals surface area contributed by atoms with E-state index in [4.69, 9.17) is 0 Å². The third kappa shape index (κ3) is 9.88. The molecule has 5 nitrogen and oxygen atoms in total. The summed E-state index contributed by atoms with van der Waals surface area (Å²) < 4.78 is 36.9. The van der Waals surface area contributed by atoms with E-state index in [0.717, 1.165) is 12.7 Å². The summed E-state index contributed by atoms with van der Waals surface area (Å²) in [6.07, 6.45) is 3.28. The van der Waals surface area contributed by atoms with E-state index < -0.39 is 16.1 Å². The average molecular weight is 284 g/mol. The van der Waals surface area contributed by atoms with Crippen molar-refractivity contribution in [2.45, 2.75) is 46.0 Å². The van der Waals surface area contributed by atoms with Crippen molar-refractivity contribution < 1.29 is 52.1 Å². The molecule has 18 heavy (non-hydrogen) atoms. The van der Waals surface area contributed by atoms with Crippen molar-refractivity contribution in [3.8, 4) is 0 Å². The number of ether oxygens (including phenoxy) is 1.